The van der Waals surface area contributed by atoms with Crippen molar-refractivity contribution in [2.75, 3.05) is 7.11 Å². The largest absolute Gasteiger partial charge is 0.479 e. The van der Waals surface area contributed by atoms with Gasteiger partial charge in [0.05, 0.1) is 12.8 Å². The summed E-state index contributed by atoms with van der Waals surface area (Å²) in [6.45, 7) is 0. The fourth-order valence-corrected chi connectivity index (χ4v) is 2.08. The van der Waals surface area contributed by atoms with Crippen LogP contribution in [0.5, 0.6) is 5.88 Å². The molecular weight excluding hydrogens is 352 g/mol. The summed E-state index contributed by atoms with van der Waals surface area (Å²) in [6, 6.07) is 9.15. The van der Waals surface area contributed by atoms with Crippen molar-refractivity contribution in [1.29, 1.82) is 0 Å². The zero-order chi connectivity index (χ0) is 12.4. The Morgan fingerprint density at radius 2 is 1.82 bits per heavy atom. The number of halogens is 2. The first-order valence-corrected chi connectivity index (χ1v) is 6.31. The maximum atomic E-state index is 12.0. The van der Waals surface area contributed by atoms with Crippen LogP contribution in [0.1, 0.15) is 0 Å². The molecule has 0 radical (unpaired) electrons. The minimum absolute atomic E-state index is 0.246. The minimum Gasteiger partial charge on any atom is -0.479 e. The molecule has 0 N–H and O–H groups in total. The van der Waals surface area contributed by atoms with Crippen molar-refractivity contribution in [3.8, 4) is 11.6 Å². The lowest BCUT2D eigenvalue weighted by Gasteiger charge is -2.09. The van der Waals surface area contributed by atoms with Crippen molar-refractivity contribution in [2.45, 2.75) is 0 Å². The average Bonchev–Trinajstić information content (AvgIpc) is 2.37. The lowest BCUT2D eigenvalue weighted by molar-refractivity contribution is 0.382. The number of hydrogen-bond donors (Lipinski definition) is 0. The minimum atomic E-state index is -0.246. The van der Waals surface area contributed by atoms with E-state index >= 15 is 0 Å². The fourth-order valence-electron chi connectivity index (χ4n) is 1.34. The van der Waals surface area contributed by atoms with E-state index in [2.05, 4.69) is 37.0 Å². The summed E-state index contributed by atoms with van der Waals surface area (Å²) >= 11 is 6.47. The number of benzene rings is 1. The maximum Gasteiger partial charge on any atom is 0.287 e. The zero-order valence-corrected chi connectivity index (χ0v) is 12.0. The van der Waals surface area contributed by atoms with Gasteiger partial charge in [0.1, 0.15) is 8.95 Å². The van der Waals surface area contributed by atoms with Gasteiger partial charge in [0.15, 0.2) is 0 Å². The Labute approximate surface area is 114 Å². The van der Waals surface area contributed by atoms with Gasteiger partial charge < -0.3 is 4.74 Å². The second-order valence-electron chi connectivity index (χ2n) is 3.19. The third-order valence-corrected chi connectivity index (χ3v) is 4.15. The van der Waals surface area contributed by atoms with E-state index in [9.17, 15) is 4.79 Å². The number of hydrogen-bond acceptors (Lipinski definition) is 3. The van der Waals surface area contributed by atoms with Crippen LogP contribution in [0.2, 0.25) is 0 Å². The van der Waals surface area contributed by atoms with Gasteiger partial charge in [0.2, 0.25) is 5.88 Å². The average molecular weight is 360 g/mol. The van der Waals surface area contributed by atoms with Gasteiger partial charge in [0.25, 0.3) is 5.56 Å². The smallest absolute Gasteiger partial charge is 0.287 e. The second-order valence-corrected chi connectivity index (χ2v) is 4.78. The van der Waals surface area contributed by atoms with Crippen LogP contribution in [0.3, 0.4) is 0 Å². The summed E-state index contributed by atoms with van der Waals surface area (Å²) in [5.74, 6) is 0.348. The molecule has 2 rings (SSSR count). The molecule has 1 heterocycles. The monoisotopic (exact) mass is 358 g/mol. The SMILES string of the molecule is COc1nn(-c2ccccc2)c(=O)c(Br)c1Br. The molecule has 17 heavy (non-hydrogen) atoms. The Morgan fingerprint density at radius 1 is 1.18 bits per heavy atom. The first-order chi connectivity index (χ1) is 8.15. The Kier molecular flexibility index (Phi) is 3.63. The molecule has 1 aromatic heterocycles. The van der Waals surface area contributed by atoms with Crippen LogP contribution >= 0.6 is 31.9 Å². The first kappa shape index (κ1) is 12.3. The van der Waals surface area contributed by atoms with Crippen molar-refractivity contribution < 1.29 is 4.74 Å². The summed E-state index contributed by atoms with van der Waals surface area (Å²) in [4.78, 5) is 12.0. The van der Waals surface area contributed by atoms with Gasteiger partial charge in [-0.1, -0.05) is 18.2 Å². The molecule has 6 heteroatoms. The van der Waals surface area contributed by atoms with E-state index in [-0.39, 0.29) is 5.56 Å². The van der Waals surface area contributed by atoms with Crippen LogP contribution in [-0.2, 0) is 0 Å². The number of ether oxygens (including phenoxy) is 1. The van der Waals surface area contributed by atoms with Crippen molar-refractivity contribution >= 4 is 31.9 Å². The molecule has 88 valence electrons. The molecule has 0 aliphatic heterocycles. The number of nitrogens with zero attached hydrogens (tertiary/aromatic N) is 2. The van der Waals surface area contributed by atoms with Gasteiger partial charge in [-0.2, -0.15) is 4.68 Å². The summed E-state index contributed by atoms with van der Waals surface area (Å²) in [5, 5.41) is 4.13. The lowest BCUT2D eigenvalue weighted by atomic mass is 10.3. The molecule has 0 atom stereocenters. The third kappa shape index (κ3) is 2.28. The van der Waals surface area contributed by atoms with Crippen molar-refractivity contribution in [2.24, 2.45) is 0 Å². The lowest BCUT2D eigenvalue weighted by Crippen LogP contribution is -2.22. The van der Waals surface area contributed by atoms with Gasteiger partial charge in [-0.3, -0.25) is 4.79 Å². The molecule has 1 aromatic carbocycles. The van der Waals surface area contributed by atoms with E-state index < -0.39 is 0 Å². The van der Waals surface area contributed by atoms with Crippen molar-refractivity contribution in [3.63, 3.8) is 0 Å². The molecule has 0 unspecified atom stereocenters. The predicted octanol–water partition coefficient (Wildman–Crippen LogP) is 2.77. The van der Waals surface area contributed by atoms with E-state index in [1.54, 1.807) is 12.1 Å². The van der Waals surface area contributed by atoms with Gasteiger partial charge in [0, 0.05) is 0 Å². The van der Waals surface area contributed by atoms with E-state index in [4.69, 9.17) is 4.74 Å². The van der Waals surface area contributed by atoms with Crippen LogP contribution in [-0.4, -0.2) is 16.9 Å². The standard InChI is InChI=1S/C11H8Br2N2O2/c1-17-10-8(12)9(13)11(16)15(14-10)7-5-3-2-4-6-7/h2-6H,1H3. The number of methoxy groups -OCH3 is 1. The van der Waals surface area contributed by atoms with Gasteiger partial charge in [-0.05, 0) is 44.0 Å². The summed E-state index contributed by atoms with van der Waals surface area (Å²) in [6.07, 6.45) is 0. The van der Waals surface area contributed by atoms with E-state index in [1.807, 2.05) is 18.2 Å². The Bertz CT molecular complexity index is 596. The van der Waals surface area contributed by atoms with E-state index in [1.165, 1.54) is 11.8 Å². The van der Waals surface area contributed by atoms with Gasteiger partial charge >= 0.3 is 0 Å². The second kappa shape index (κ2) is 5.01. The Balaban J connectivity index is 2.72. The molecule has 0 fully saturated rings. The molecule has 0 aliphatic carbocycles. The molecule has 4 nitrogen and oxygen atoms in total. The highest BCUT2D eigenvalue weighted by molar-refractivity contribution is 9.13. The fraction of sp³-hybridized carbons (Fsp3) is 0.0909. The van der Waals surface area contributed by atoms with Crippen LogP contribution < -0.4 is 10.3 Å². The molecule has 0 saturated heterocycles. The van der Waals surface area contributed by atoms with E-state index in [0.29, 0.717) is 20.5 Å². The van der Waals surface area contributed by atoms with Crippen LogP contribution in [0.25, 0.3) is 5.69 Å². The molecule has 2 aromatic rings. The van der Waals surface area contributed by atoms with Crippen molar-refractivity contribution in [3.05, 3.63) is 49.6 Å². The van der Waals surface area contributed by atoms with Crippen LogP contribution in [0.4, 0.5) is 0 Å². The summed E-state index contributed by atoms with van der Waals surface area (Å²) in [5.41, 5.74) is 0.438. The molecule has 0 bridgehead atoms. The summed E-state index contributed by atoms with van der Waals surface area (Å²) in [7, 11) is 1.50. The molecular formula is C11H8Br2N2O2. The van der Waals surface area contributed by atoms with Crippen molar-refractivity contribution in [1.82, 2.24) is 9.78 Å². The maximum absolute atomic E-state index is 12.0. The molecule has 0 aliphatic rings. The quantitative estimate of drug-likeness (QED) is 0.828. The Morgan fingerprint density at radius 3 is 2.41 bits per heavy atom. The van der Waals surface area contributed by atoms with Gasteiger partial charge in [-0.25, -0.2) is 0 Å². The van der Waals surface area contributed by atoms with Crippen LogP contribution in [0.15, 0.2) is 44.1 Å². The Hall–Kier alpha value is -1.14. The third-order valence-electron chi connectivity index (χ3n) is 2.15. The highest BCUT2D eigenvalue weighted by Crippen LogP contribution is 2.27. The summed E-state index contributed by atoms with van der Waals surface area (Å²) < 4.78 is 7.27. The van der Waals surface area contributed by atoms with Gasteiger partial charge in [-0.15, -0.1) is 5.10 Å². The van der Waals surface area contributed by atoms with E-state index in [0.717, 1.165) is 0 Å². The molecule has 0 saturated carbocycles. The topological polar surface area (TPSA) is 44.1 Å². The number of aromatic nitrogens is 2. The highest BCUT2D eigenvalue weighted by atomic mass is 79.9. The first-order valence-electron chi connectivity index (χ1n) is 4.73. The normalized spacial score (nSPS) is 10.3. The number of rotatable bonds is 2. The molecule has 0 spiro atoms. The molecule has 0 amide bonds. The van der Waals surface area contributed by atoms with Crippen LogP contribution in [0, 0.1) is 0 Å². The predicted molar refractivity (Wildman–Crippen MR) is 71.8 cm³/mol. The number of para-hydroxylation sites is 1. The highest BCUT2D eigenvalue weighted by Gasteiger charge is 2.14. The zero-order valence-electron chi connectivity index (χ0n) is 8.85.